The molecule has 3 nitrogen and oxygen atoms in total. The fourth-order valence-corrected chi connectivity index (χ4v) is 5.03. The van der Waals surface area contributed by atoms with Gasteiger partial charge in [0, 0.05) is 5.39 Å². The van der Waals surface area contributed by atoms with E-state index in [1.807, 2.05) is 11.4 Å². The van der Waals surface area contributed by atoms with Crippen molar-refractivity contribution in [3.8, 4) is 0 Å². The largest absolute Gasteiger partial charge is 0.296 e. The summed E-state index contributed by atoms with van der Waals surface area (Å²) in [5.74, 6) is 0.873. The molecule has 1 aliphatic heterocycles. The first-order valence-corrected chi connectivity index (χ1v) is 9.12. The number of nitrogens with zero attached hydrogens (tertiary/aromatic N) is 3. The van der Waals surface area contributed by atoms with E-state index in [9.17, 15) is 0 Å². The molecule has 1 spiro atoms. The molecule has 2 aromatic heterocycles. The first-order valence-electron chi connectivity index (χ1n) is 7.86. The van der Waals surface area contributed by atoms with Crippen molar-refractivity contribution >= 4 is 33.2 Å². The summed E-state index contributed by atoms with van der Waals surface area (Å²) in [4.78, 5) is 12.6. The normalized spacial score (nSPS) is 22.3. The maximum Gasteiger partial charge on any atom is 0.145 e. The van der Waals surface area contributed by atoms with Gasteiger partial charge in [0.1, 0.15) is 15.8 Å². The summed E-state index contributed by atoms with van der Waals surface area (Å²) in [5, 5.41) is 3.61. The summed E-state index contributed by atoms with van der Waals surface area (Å²) in [6, 6.07) is 2.00. The monoisotopic (exact) mass is 321 g/mol. The van der Waals surface area contributed by atoms with Crippen molar-refractivity contribution in [1.82, 2.24) is 14.9 Å². The van der Waals surface area contributed by atoms with Crippen LogP contribution in [-0.4, -0.2) is 28.0 Å². The van der Waals surface area contributed by atoms with Gasteiger partial charge in [-0.3, -0.25) is 4.90 Å². The molecular weight excluding hydrogens is 302 g/mol. The Bertz CT molecular complexity index is 638. The zero-order chi connectivity index (χ0) is 14.3. The van der Waals surface area contributed by atoms with Gasteiger partial charge in [-0.1, -0.05) is 24.4 Å². The zero-order valence-corrected chi connectivity index (χ0v) is 13.7. The van der Waals surface area contributed by atoms with Gasteiger partial charge in [0.2, 0.25) is 0 Å². The lowest BCUT2D eigenvalue weighted by molar-refractivity contribution is 0.102. The van der Waals surface area contributed by atoms with Gasteiger partial charge in [-0.15, -0.1) is 11.3 Å². The van der Waals surface area contributed by atoms with Gasteiger partial charge in [-0.25, -0.2) is 9.97 Å². The maximum atomic E-state index is 6.26. The molecule has 2 aromatic rings. The van der Waals surface area contributed by atoms with Crippen molar-refractivity contribution in [2.45, 2.75) is 45.1 Å². The topological polar surface area (TPSA) is 29.0 Å². The number of fused-ring (bicyclic) bond motifs is 1. The summed E-state index contributed by atoms with van der Waals surface area (Å²) in [6.07, 6.45) is 8.47. The number of likely N-dealkylation sites (tertiary alicyclic amines) is 1. The first kappa shape index (κ1) is 13.9. The van der Waals surface area contributed by atoms with Crippen LogP contribution in [0.4, 0.5) is 0 Å². The highest BCUT2D eigenvalue weighted by molar-refractivity contribution is 7.16. The molecule has 0 radical (unpaired) electrons. The molecular formula is C16H20ClN3S. The Balaban J connectivity index is 1.46. The van der Waals surface area contributed by atoms with Crippen molar-refractivity contribution in [2.75, 3.05) is 13.1 Å². The van der Waals surface area contributed by atoms with E-state index in [4.69, 9.17) is 11.6 Å². The summed E-state index contributed by atoms with van der Waals surface area (Å²) in [5.41, 5.74) is 0.673. The maximum absolute atomic E-state index is 6.26. The zero-order valence-electron chi connectivity index (χ0n) is 12.1. The average Bonchev–Trinajstić information content (AvgIpc) is 3.11. The first-order chi connectivity index (χ1) is 10.2. The van der Waals surface area contributed by atoms with Gasteiger partial charge in [-0.05, 0) is 55.6 Å². The summed E-state index contributed by atoms with van der Waals surface area (Å²) in [7, 11) is 0. The Kier molecular flexibility index (Phi) is 3.64. The van der Waals surface area contributed by atoms with Gasteiger partial charge in [0.05, 0.1) is 6.54 Å². The Hall–Kier alpha value is -0.710. The molecule has 2 fully saturated rings. The summed E-state index contributed by atoms with van der Waals surface area (Å²) < 4.78 is 0. The van der Waals surface area contributed by atoms with Crippen LogP contribution in [0.1, 0.15) is 44.3 Å². The average molecular weight is 322 g/mol. The van der Waals surface area contributed by atoms with Gasteiger partial charge in [0.15, 0.2) is 0 Å². The van der Waals surface area contributed by atoms with Crippen LogP contribution in [0, 0.1) is 5.41 Å². The molecule has 112 valence electrons. The molecule has 21 heavy (non-hydrogen) atoms. The molecule has 2 aliphatic rings. The summed E-state index contributed by atoms with van der Waals surface area (Å²) in [6.45, 7) is 3.20. The Morgan fingerprint density at radius 2 is 1.90 bits per heavy atom. The lowest BCUT2D eigenvalue weighted by atomic mass is 9.77. The Labute approximate surface area is 134 Å². The second-order valence-electron chi connectivity index (χ2n) is 6.55. The highest BCUT2D eigenvalue weighted by atomic mass is 35.5. The highest BCUT2D eigenvalue weighted by Crippen LogP contribution is 2.46. The van der Waals surface area contributed by atoms with E-state index in [0.717, 1.165) is 22.6 Å². The molecule has 0 amide bonds. The van der Waals surface area contributed by atoms with Crippen molar-refractivity contribution in [2.24, 2.45) is 5.41 Å². The van der Waals surface area contributed by atoms with Crippen LogP contribution in [0.5, 0.6) is 0 Å². The van der Waals surface area contributed by atoms with Crippen LogP contribution in [0.25, 0.3) is 10.2 Å². The lowest BCUT2D eigenvalue weighted by Gasteiger charge is -2.39. The minimum atomic E-state index is 0.598. The Morgan fingerprint density at radius 1 is 1.14 bits per heavy atom. The molecule has 4 rings (SSSR count). The second-order valence-corrected chi connectivity index (χ2v) is 7.81. The Morgan fingerprint density at radius 3 is 2.67 bits per heavy atom. The molecule has 1 aliphatic carbocycles. The van der Waals surface area contributed by atoms with Crippen molar-refractivity contribution < 1.29 is 0 Å². The van der Waals surface area contributed by atoms with E-state index in [1.54, 1.807) is 11.3 Å². The fraction of sp³-hybridized carbons (Fsp3) is 0.625. The van der Waals surface area contributed by atoms with Crippen LogP contribution >= 0.6 is 22.9 Å². The van der Waals surface area contributed by atoms with E-state index in [2.05, 4.69) is 14.9 Å². The minimum absolute atomic E-state index is 0.598. The third-order valence-electron chi connectivity index (χ3n) is 5.27. The molecule has 0 N–H and O–H groups in total. The lowest BCUT2D eigenvalue weighted by Crippen LogP contribution is -2.38. The van der Waals surface area contributed by atoms with E-state index < -0.39 is 0 Å². The van der Waals surface area contributed by atoms with Gasteiger partial charge < -0.3 is 0 Å². The van der Waals surface area contributed by atoms with Crippen LogP contribution in [0.3, 0.4) is 0 Å². The third-order valence-corrected chi connectivity index (χ3v) is 6.37. The standard InChI is InChI=1S/C16H20ClN3S/c17-14-12-3-10-21-15(12)19-13(18-14)11-20-8-6-16(7-9-20)4-1-2-5-16/h3,10H,1-2,4-9,11H2. The van der Waals surface area contributed by atoms with Crippen molar-refractivity contribution in [3.63, 3.8) is 0 Å². The quantitative estimate of drug-likeness (QED) is 0.762. The van der Waals surface area contributed by atoms with E-state index >= 15 is 0 Å². The molecule has 1 saturated carbocycles. The number of piperidine rings is 1. The predicted octanol–water partition coefficient (Wildman–Crippen LogP) is 4.50. The van der Waals surface area contributed by atoms with Crippen LogP contribution in [-0.2, 0) is 6.54 Å². The van der Waals surface area contributed by atoms with Crippen LogP contribution in [0.15, 0.2) is 11.4 Å². The number of hydrogen-bond acceptors (Lipinski definition) is 4. The van der Waals surface area contributed by atoms with Crippen molar-refractivity contribution in [3.05, 3.63) is 22.4 Å². The van der Waals surface area contributed by atoms with E-state index in [1.165, 1.54) is 51.6 Å². The van der Waals surface area contributed by atoms with Crippen LogP contribution in [0.2, 0.25) is 5.15 Å². The molecule has 0 atom stereocenters. The highest BCUT2D eigenvalue weighted by Gasteiger charge is 2.36. The molecule has 3 heterocycles. The number of thiophene rings is 1. The molecule has 0 bridgehead atoms. The van der Waals surface area contributed by atoms with Crippen molar-refractivity contribution in [1.29, 1.82) is 0 Å². The van der Waals surface area contributed by atoms with E-state index in [0.29, 0.717) is 10.6 Å². The fourth-order valence-electron chi connectivity index (χ4n) is 3.94. The number of hydrogen-bond donors (Lipinski definition) is 0. The number of aromatic nitrogens is 2. The van der Waals surface area contributed by atoms with E-state index in [-0.39, 0.29) is 0 Å². The number of halogens is 1. The smallest absolute Gasteiger partial charge is 0.145 e. The minimum Gasteiger partial charge on any atom is -0.296 e. The summed E-state index contributed by atoms with van der Waals surface area (Å²) >= 11 is 7.90. The SMILES string of the molecule is Clc1nc(CN2CCC3(CCCC3)CC2)nc2sccc12. The second kappa shape index (κ2) is 5.49. The predicted molar refractivity (Wildman–Crippen MR) is 87.8 cm³/mol. The molecule has 0 unspecified atom stereocenters. The number of rotatable bonds is 2. The molecule has 5 heteroatoms. The van der Waals surface area contributed by atoms with Crippen LogP contribution < -0.4 is 0 Å². The van der Waals surface area contributed by atoms with Gasteiger partial charge in [-0.2, -0.15) is 0 Å². The molecule has 0 aromatic carbocycles. The van der Waals surface area contributed by atoms with Gasteiger partial charge in [0.25, 0.3) is 0 Å². The molecule has 1 saturated heterocycles. The third kappa shape index (κ3) is 2.69. The van der Waals surface area contributed by atoms with Gasteiger partial charge >= 0.3 is 0 Å².